The van der Waals surface area contributed by atoms with Gasteiger partial charge < -0.3 is 15.5 Å². The van der Waals surface area contributed by atoms with Crippen molar-refractivity contribution in [3.63, 3.8) is 0 Å². The summed E-state index contributed by atoms with van der Waals surface area (Å²) in [6.45, 7) is 1.87. The van der Waals surface area contributed by atoms with E-state index in [0.29, 0.717) is 32.9 Å². The van der Waals surface area contributed by atoms with Gasteiger partial charge in [-0.3, -0.25) is 14.4 Å². The molecular formula is C21H21Cl2N3O3. The molecule has 2 aromatic rings. The molecule has 0 radical (unpaired) electrons. The van der Waals surface area contributed by atoms with Crippen molar-refractivity contribution in [2.24, 2.45) is 11.8 Å². The Kier molecular flexibility index (Phi) is 6.45. The number of carbonyl (C=O) groups excluding carboxylic acids is 3. The van der Waals surface area contributed by atoms with Crippen molar-refractivity contribution in [2.45, 2.75) is 13.3 Å². The van der Waals surface area contributed by atoms with E-state index in [0.717, 1.165) is 6.42 Å². The van der Waals surface area contributed by atoms with Crippen LogP contribution in [0.3, 0.4) is 0 Å². The molecule has 0 saturated heterocycles. The van der Waals surface area contributed by atoms with Crippen molar-refractivity contribution < 1.29 is 14.4 Å². The second-order valence-electron chi connectivity index (χ2n) is 7.19. The van der Waals surface area contributed by atoms with Gasteiger partial charge in [0.05, 0.1) is 22.3 Å². The number of carbonyl (C=O) groups is 3. The lowest BCUT2D eigenvalue weighted by Crippen LogP contribution is -2.35. The first-order valence-electron chi connectivity index (χ1n) is 9.16. The van der Waals surface area contributed by atoms with Crippen LogP contribution in [0.5, 0.6) is 0 Å². The smallest absolute Gasteiger partial charge is 0.254 e. The first-order valence-corrected chi connectivity index (χ1v) is 9.92. The van der Waals surface area contributed by atoms with Crippen LogP contribution in [-0.4, -0.2) is 36.2 Å². The monoisotopic (exact) mass is 433 g/mol. The zero-order valence-electron chi connectivity index (χ0n) is 16.0. The molecule has 1 saturated carbocycles. The Morgan fingerprint density at radius 2 is 1.62 bits per heavy atom. The normalized spacial score (nSPS) is 17.4. The Labute approximate surface area is 179 Å². The van der Waals surface area contributed by atoms with Crippen molar-refractivity contribution in [1.82, 2.24) is 4.90 Å². The summed E-state index contributed by atoms with van der Waals surface area (Å²) in [5.41, 5.74) is 1.36. The highest BCUT2D eigenvalue weighted by molar-refractivity contribution is 6.39. The number of benzene rings is 2. The summed E-state index contributed by atoms with van der Waals surface area (Å²) in [5.74, 6) is -0.232. The molecule has 0 aromatic heterocycles. The number of likely N-dealkylation sites (N-methyl/N-ethyl adjacent to an activating group) is 1. The van der Waals surface area contributed by atoms with Gasteiger partial charge in [-0.15, -0.1) is 0 Å². The van der Waals surface area contributed by atoms with Crippen LogP contribution in [0, 0.1) is 11.8 Å². The fourth-order valence-corrected chi connectivity index (χ4v) is 3.41. The van der Waals surface area contributed by atoms with Crippen LogP contribution in [0.4, 0.5) is 11.4 Å². The Balaban J connectivity index is 1.56. The second kappa shape index (κ2) is 8.84. The molecule has 0 bridgehead atoms. The molecule has 1 fully saturated rings. The van der Waals surface area contributed by atoms with Crippen LogP contribution < -0.4 is 10.6 Å². The number of nitrogens with one attached hydrogen (secondary N) is 2. The van der Waals surface area contributed by atoms with Gasteiger partial charge in [-0.2, -0.15) is 0 Å². The van der Waals surface area contributed by atoms with Gasteiger partial charge in [0, 0.05) is 24.2 Å². The van der Waals surface area contributed by atoms with Gasteiger partial charge in [0.15, 0.2) is 0 Å². The third-order valence-corrected chi connectivity index (χ3v) is 5.43. The molecule has 2 aromatic carbocycles. The van der Waals surface area contributed by atoms with Crippen LogP contribution in [0.15, 0.2) is 42.5 Å². The lowest BCUT2D eigenvalue weighted by atomic mass is 10.1. The summed E-state index contributed by atoms with van der Waals surface area (Å²) < 4.78 is 0. The van der Waals surface area contributed by atoms with Crippen molar-refractivity contribution in [2.75, 3.05) is 24.2 Å². The minimum atomic E-state index is -0.418. The molecule has 0 aliphatic heterocycles. The molecule has 2 unspecified atom stereocenters. The Morgan fingerprint density at radius 3 is 2.17 bits per heavy atom. The van der Waals surface area contributed by atoms with Crippen molar-refractivity contribution in [3.8, 4) is 0 Å². The molecule has 0 spiro atoms. The largest absolute Gasteiger partial charge is 0.332 e. The first kappa shape index (κ1) is 21.1. The first-order chi connectivity index (χ1) is 13.8. The third-order valence-electron chi connectivity index (χ3n) is 4.80. The zero-order valence-corrected chi connectivity index (χ0v) is 17.6. The lowest BCUT2D eigenvalue weighted by molar-refractivity contribution is -0.118. The van der Waals surface area contributed by atoms with Crippen LogP contribution in [-0.2, 0) is 9.59 Å². The van der Waals surface area contributed by atoms with Crippen LogP contribution in [0.1, 0.15) is 23.7 Å². The summed E-state index contributed by atoms with van der Waals surface area (Å²) in [6, 6.07) is 11.5. The number of rotatable bonds is 6. The van der Waals surface area contributed by atoms with Crippen LogP contribution >= 0.6 is 23.2 Å². The topological polar surface area (TPSA) is 78.5 Å². The fraction of sp³-hybridized carbons (Fsp3) is 0.286. The zero-order chi connectivity index (χ0) is 21.1. The predicted molar refractivity (Wildman–Crippen MR) is 114 cm³/mol. The summed E-state index contributed by atoms with van der Waals surface area (Å²) >= 11 is 12.1. The van der Waals surface area contributed by atoms with E-state index >= 15 is 0 Å². The number of nitrogens with zero attached hydrogens (tertiary/aromatic N) is 1. The van der Waals surface area contributed by atoms with Gasteiger partial charge in [0.1, 0.15) is 0 Å². The van der Waals surface area contributed by atoms with Gasteiger partial charge >= 0.3 is 0 Å². The Morgan fingerprint density at radius 1 is 1.03 bits per heavy atom. The molecule has 1 aliphatic rings. The summed E-state index contributed by atoms with van der Waals surface area (Å²) in [6.07, 6.45) is 0.911. The summed E-state index contributed by atoms with van der Waals surface area (Å²) in [7, 11) is 1.53. The molecule has 0 heterocycles. The SMILES string of the molecule is CC1CC1C(=O)Nc1ccc(C(=O)N(C)CC(=O)Nc2c(Cl)cccc2Cl)cc1. The summed E-state index contributed by atoms with van der Waals surface area (Å²) in [5, 5.41) is 6.10. The fourth-order valence-electron chi connectivity index (χ4n) is 2.92. The highest BCUT2D eigenvalue weighted by atomic mass is 35.5. The standard InChI is InChI=1S/C21H21Cl2N3O3/c1-12-10-15(12)20(28)24-14-8-6-13(7-9-14)21(29)26(2)11-18(27)25-19-16(22)4-3-5-17(19)23/h3-9,12,15H,10-11H2,1-2H3,(H,24,28)(H,25,27). The van der Waals surface area contributed by atoms with Crippen LogP contribution in [0.25, 0.3) is 0 Å². The molecule has 1 aliphatic carbocycles. The van der Waals surface area contributed by atoms with E-state index in [1.807, 2.05) is 6.92 Å². The van der Waals surface area contributed by atoms with E-state index in [9.17, 15) is 14.4 Å². The molecular weight excluding hydrogens is 413 g/mol. The van der Waals surface area contributed by atoms with Gasteiger partial charge in [-0.25, -0.2) is 0 Å². The van der Waals surface area contributed by atoms with Crippen molar-refractivity contribution >= 4 is 52.3 Å². The number of amides is 3. The van der Waals surface area contributed by atoms with E-state index < -0.39 is 5.91 Å². The third kappa shape index (κ3) is 5.28. The molecule has 3 rings (SSSR count). The van der Waals surface area contributed by atoms with E-state index in [4.69, 9.17) is 23.2 Å². The van der Waals surface area contributed by atoms with E-state index in [1.54, 1.807) is 42.5 Å². The molecule has 29 heavy (non-hydrogen) atoms. The average molecular weight is 434 g/mol. The van der Waals surface area contributed by atoms with Crippen molar-refractivity contribution in [1.29, 1.82) is 0 Å². The molecule has 152 valence electrons. The number of para-hydroxylation sites is 1. The molecule has 2 N–H and O–H groups in total. The molecule has 8 heteroatoms. The summed E-state index contributed by atoms with van der Waals surface area (Å²) in [4.78, 5) is 38.1. The van der Waals surface area contributed by atoms with Gasteiger partial charge in [-0.1, -0.05) is 36.2 Å². The molecule has 3 amide bonds. The number of hydrogen-bond donors (Lipinski definition) is 2. The molecule has 2 atom stereocenters. The maximum atomic E-state index is 12.6. The van der Waals surface area contributed by atoms with Crippen LogP contribution in [0.2, 0.25) is 10.0 Å². The average Bonchev–Trinajstić information content (AvgIpc) is 3.41. The maximum absolute atomic E-state index is 12.6. The Hall–Kier alpha value is -2.57. The minimum Gasteiger partial charge on any atom is -0.332 e. The van der Waals surface area contributed by atoms with Gasteiger partial charge in [-0.05, 0) is 48.7 Å². The highest BCUT2D eigenvalue weighted by Gasteiger charge is 2.39. The second-order valence-corrected chi connectivity index (χ2v) is 8.01. The number of hydrogen-bond acceptors (Lipinski definition) is 3. The predicted octanol–water partition coefficient (Wildman–Crippen LogP) is 4.30. The lowest BCUT2D eigenvalue weighted by Gasteiger charge is -2.18. The quantitative estimate of drug-likeness (QED) is 0.712. The minimum absolute atomic E-state index is 0.00333. The Bertz CT molecular complexity index is 926. The maximum Gasteiger partial charge on any atom is 0.254 e. The highest BCUT2D eigenvalue weighted by Crippen LogP contribution is 2.38. The van der Waals surface area contributed by atoms with Gasteiger partial charge in [0.2, 0.25) is 11.8 Å². The van der Waals surface area contributed by atoms with E-state index in [-0.39, 0.29) is 24.3 Å². The van der Waals surface area contributed by atoms with Gasteiger partial charge in [0.25, 0.3) is 5.91 Å². The number of anilines is 2. The molecule has 6 nitrogen and oxygen atoms in total. The van der Waals surface area contributed by atoms with E-state index in [1.165, 1.54) is 11.9 Å². The number of halogens is 2. The van der Waals surface area contributed by atoms with E-state index in [2.05, 4.69) is 10.6 Å². The van der Waals surface area contributed by atoms with Crippen molar-refractivity contribution in [3.05, 3.63) is 58.1 Å².